The Morgan fingerprint density at radius 2 is 1.89 bits per heavy atom. The molecule has 1 amide bonds. The van der Waals surface area contributed by atoms with Crippen LogP contribution in [-0.2, 0) is 25.6 Å². The zero-order chi connectivity index (χ0) is 25.4. The predicted octanol–water partition coefficient (Wildman–Crippen LogP) is 0.597. The van der Waals surface area contributed by atoms with E-state index in [2.05, 4.69) is 0 Å². The highest BCUT2D eigenvalue weighted by Crippen LogP contribution is 2.52. The first-order valence-corrected chi connectivity index (χ1v) is 11.1. The van der Waals surface area contributed by atoms with E-state index in [-0.39, 0.29) is 29.7 Å². The zero-order valence-corrected chi connectivity index (χ0v) is 19.0. The van der Waals surface area contributed by atoms with Crippen LogP contribution in [0.2, 0.25) is 0 Å². The van der Waals surface area contributed by atoms with Crippen molar-refractivity contribution in [3.63, 3.8) is 0 Å². The third-order valence-electron chi connectivity index (χ3n) is 7.58. The summed E-state index contributed by atoms with van der Waals surface area (Å²) in [5.74, 6) is -8.97. The minimum atomic E-state index is -2.72. The summed E-state index contributed by atoms with van der Waals surface area (Å²) >= 11 is 0. The molecule has 1 aromatic heterocycles. The van der Waals surface area contributed by atoms with Crippen LogP contribution in [0, 0.1) is 17.8 Å². The fourth-order valence-corrected chi connectivity index (χ4v) is 6.08. The van der Waals surface area contributed by atoms with Crippen molar-refractivity contribution in [2.24, 2.45) is 23.5 Å². The van der Waals surface area contributed by atoms with Gasteiger partial charge in [-0.05, 0) is 56.1 Å². The number of ketones is 3. The van der Waals surface area contributed by atoms with Gasteiger partial charge in [0.05, 0.1) is 24.1 Å². The number of carbonyl (C=O) groups excluding carboxylic acids is 4. The minimum Gasteiger partial charge on any atom is -0.507 e. The second-order valence-electron chi connectivity index (χ2n) is 9.61. The number of hydrogen-bond donors (Lipinski definition) is 4. The maximum Gasteiger partial charge on any atom is 0.235 e. The fraction of sp³-hybridized carbons (Fsp3) is 0.360. The van der Waals surface area contributed by atoms with Gasteiger partial charge in [-0.1, -0.05) is 6.07 Å². The van der Waals surface area contributed by atoms with Gasteiger partial charge < -0.3 is 25.5 Å². The number of fused-ring (bicyclic) bond motifs is 3. The van der Waals surface area contributed by atoms with Crippen molar-refractivity contribution in [3.05, 3.63) is 47.4 Å². The molecule has 1 unspecified atom stereocenters. The number of aliphatic hydroxyl groups is 2. The Hall–Kier alpha value is -3.76. The number of primary amides is 1. The molecule has 10 heteroatoms. The highest BCUT2D eigenvalue weighted by Gasteiger charge is 2.67. The first-order chi connectivity index (χ1) is 16.5. The maximum atomic E-state index is 13.7. The summed E-state index contributed by atoms with van der Waals surface area (Å²) in [6.45, 7) is 0. The van der Waals surface area contributed by atoms with Crippen molar-refractivity contribution >= 4 is 29.0 Å². The van der Waals surface area contributed by atoms with E-state index in [1.165, 1.54) is 23.5 Å². The van der Waals surface area contributed by atoms with Crippen molar-refractivity contribution in [1.29, 1.82) is 0 Å². The Kier molecular flexibility index (Phi) is 5.01. The second-order valence-corrected chi connectivity index (χ2v) is 9.61. The number of nitrogens with two attached hydrogens (primary N) is 1. The van der Waals surface area contributed by atoms with E-state index in [1.54, 1.807) is 26.2 Å². The molecule has 0 aliphatic heterocycles. The van der Waals surface area contributed by atoms with E-state index in [1.807, 2.05) is 0 Å². The summed E-state index contributed by atoms with van der Waals surface area (Å²) in [5, 5.41) is 33.3. The lowest BCUT2D eigenvalue weighted by Gasteiger charge is -2.51. The number of hydrogen-bond acceptors (Lipinski definition) is 9. The average Bonchev–Trinajstić information content (AvgIpc) is 3.30. The molecule has 2 fully saturated rings. The molecule has 5 rings (SSSR count). The monoisotopic (exact) mass is 480 g/mol. The van der Waals surface area contributed by atoms with Crippen LogP contribution in [-0.4, -0.2) is 69.2 Å². The number of furan rings is 1. The summed E-state index contributed by atoms with van der Waals surface area (Å²) in [7, 11) is 3.10. The van der Waals surface area contributed by atoms with E-state index >= 15 is 0 Å². The standard InChI is InChI=1S/C25H24N2O8/c1-27(2)19-14-8-11-7-13-12(10-5-6-35-9-10)3-4-15(28)17(13)20(29)16(11)22(31)25(14,34)23(32)18(21(19)30)24(26)33/h3-6,9,11,14,18-19,28-29,34H,7-8H2,1-2H3,(H2,26,33)/t11-,14-,18?,19-,25-/m0/s1. The number of amides is 1. The van der Waals surface area contributed by atoms with Gasteiger partial charge in [-0.25, -0.2) is 0 Å². The summed E-state index contributed by atoms with van der Waals surface area (Å²) in [6, 6.07) is 3.64. The van der Waals surface area contributed by atoms with Crippen LogP contribution < -0.4 is 5.73 Å². The molecule has 0 saturated heterocycles. The third kappa shape index (κ3) is 2.96. The van der Waals surface area contributed by atoms with Crippen LogP contribution in [0.15, 0.2) is 40.7 Å². The van der Waals surface area contributed by atoms with Crippen LogP contribution >= 0.6 is 0 Å². The smallest absolute Gasteiger partial charge is 0.235 e. The fourth-order valence-electron chi connectivity index (χ4n) is 6.08. The SMILES string of the molecule is CN(C)[C@@H]1C(=O)C(C(N)=O)C(=O)[C@@]2(O)C(=O)C3=C(O)c4c(O)ccc(-c5ccoc5)c4C[C@H]3C[C@@H]12. The molecule has 0 spiro atoms. The van der Waals surface area contributed by atoms with Gasteiger partial charge in [-0.3, -0.25) is 24.1 Å². The highest BCUT2D eigenvalue weighted by atomic mass is 16.3. The summed E-state index contributed by atoms with van der Waals surface area (Å²) < 4.78 is 5.18. The van der Waals surface area contributed by atoms with Crippen LogP contribution in [0.25, 0.3) is 16.9 Å². The zero-order valence-electron chi connectivity index (χ0n) is 19.0. The lowest BCUT2D eigenvalue weighted by Crippen LogP contribution is -2.72. The van der Waals surface area contributed by atoms with Gasteiger partial charge >= 0.3 is 0 Å². The van der Waals surface area contributed by atoms with E-state index in [9.17, 15) is 34.5 Å². The number of carbonyl (C=O) groups is 4. The molecular formula is C25H24N2O8. The molecule has 1 heterocycles. The Morgan fingerprint density at radius 3 is 2.49 bits per heavy atom. The molecule has 10 nitrogen and oxygen atoms in total. The number of likely N-dealkylation sites (N-methyl/N-ethyl adjacent to an activating group) is 1. The van der Waals surface area contributed by atoms with Gasteiger partial charge in [0.1, 0.15) is 11.5 Å². The quantitative estimate of drug-likeness (QED) is 0.459. The Labute approximate surface area is 199 Å². The Morgan fingerprint density at radius 1 is 1.17 bits per heavy atom. The molecule has 0 radical (unpaired) electrons. The number of phenols is 1. The topological polar surface area (TPSA) is 171 Å². The second kappa shape index (κ2) is 7.62. The van der Waals surface area contributed by atoms with Crippen molar-refractivity contribution in [3.8, 4) is 16.9 Å². The Bertz CT molecular complexity index is 1330. The molecule has 3 aliphatic carbocycles. The molecule has 2 saturated carbocycles. The van der Waals surface area contributed by atoms with Gasteiger partial charge in [0.15, 0.2) is 23.1 Å². The van der Waals surface area contributed by atoms with Gasteiger partial charge in [-0.2, -0.15) is 0 Å². The van der Waals surface area contributed by atoms with E-state index < -0.39 is 58.4 Å². The van der Waals surface area contributed by atoms with Crippen molar-refractivity contribution in [2.45, 2.75) is 24.5 Å². The molecule has 35 heavy (non-hydrogen) atoms. The molecular weight excluding hydrogens is 456 g/mol. The van der Waals surface area contributed by atoms with E-state index in [0.29, 0.717) is 16.7 Å². The van der Waals surface area contributed by atoms with Crippen molar-refractivity contribution in [1.82, 2.24) is 4.90 Å². The van der Waals surface area contributed by atoms with Gasteiger partial charge in [0, 0.05) is 17.1 Å². The molecule has 182 valence electrons. The van der Waals surface area contributed by atoms with Crippen LogP contribution in [0.5, 0.6) is 5.75 Å². The van der Waals surface area contributed by atoms with E-state index in [0.717, 1.165) is 0 Å². The normalized spacial score (nSPS) is 30.2. The average molecular weight is 480 g/mol. The summed E-state index contributed by atoms with van der Waals surface area (Å²) in [5.41, 5.74) is 4.37. The molecule has 2 aromatic rings. The van der Waals surface area contributed by atoms with Gasteiger partial charge in [0.25, 0.3) is 0 Å². The predicted molar refractivity (Wildman–Crippen MR) is 121 cm³/mol. The molecule has 1 aromatic carbocycles. The first-order valence-electron chi connectivity index (χ1n) is 11.1. The first kappa shape index (κ1) is 23.0. The third-order valence-corrected chi connectivity index (χ3v) is 7.58. The van der Waals surface area contributed by atoms with Crippen LogP contribution in [0.3, 0.4) is 0 Å². The lowest BCUT2D eigenvalue weighted by atomic mass is 9.54. The Balaban J connectivity index is 1.72. The molecule has 5 N–H and O–H groups in total. The van der Waals surface area contributed by atoms with Crippen LogP contribution in [0.4, 0.5) is 0 Å². The van der Waals surface area contributed by atoms with Gasteiger partial charge in [-0.15, -0.1) is 0 Å². The molecule has 5 atom stereocenters. The van der Waals surface area contributed by atoms with Crippen molar-refractivity contribution < 1.29 is 38.9 Å². The van der Waals surface area contributed by atoms with Gasteiger partial charge in [0.2, 0.25) is 11.7 Å². The van der Waals surface area contributed by atoms with Crippen molar-refractivity contribution in [2.75, 3.05) is 14.1 Å². The number of nitrogens with zero attached hydrogens (tertiary/aromatic N) is 1. The number of Topliss-reactive ketones (excluding diaryl/α,β-unsaturated/α-hetero) is 3. The number of benzene rings is 1. The molecule has 0 bridgehead atoms. The maximum absolute atomic E-state index is 13.7. The largest absolute Gasteiger partial charge is 0.507 e. The summed E-state index contributed by atoms with van der Waals surface area (Å²) in [6.07, 6.45) is 3.20. The highest BCUT2D eigenvalue weighted by molar-refractivity contribution is 6.32. The number of aliphatic hydroxyl groups excluding tert-OH is 1. The number of rotatable bonds is 3. The van der Waals surface area contributed by atoms with Crippen LogP contribution in [0.1, 0.15) is 17.5 Å². The number of aromatic hydroxyl groups is 1. The molecule has 3 aliphatic rings. The summed E-state index contributed by atoms with van der Waals surface area (Å²) in [4.78, 5) is 53.6. The van der Waals surface area contributed by atoms with E-state index in [4.69, 9.17) is 10.2 Å². The number of phenolic OH excluding ortho intramolecular Hbond substituents is 1. The minimum absolute atomic E-state index is 0.00731. The lowest BCUT2D eigenvalue weighted by molar-refractivity contribution is -0.175.